The van der Waals surface area contributed by atoms with Gasteiger partial charge in [-0.15, -0.1) is 12.4 Å². The number of hydrogen-bond donors (Lipinski definition) is 2. The van der Waals surface area contributed by atoms with Gasteiger partial charge in [0.15, 0.2) is 0 Å². The van der Waals surface area contributed by atoms with Crippen molar-refractivity contribution in [1.29, 1.82) is 0 Å². The van der Waals surface area contributed by atoms with Crippen LogP contribution in [0.5, 0.6) is 0 Å². The first kappa shape index (κ1) is 13.4. The van der Waals surface area contributed by atoms with Crippen molar-refractivity contribution in [1.82, 2.24) is 5.32 Å². The highest BCUT2D eigenvalue weighted by atomic mass is 35.5. The molecule has 1 fully saturated rings. The molecule has 0 aromatic heterocycles. The number of fused-ring (bicyclic) bond motifs is 1. The molecule has 2 N–H and O–H groups in total. The molecule has 0 unspecified atom stereocenters. The zero-order valence-corrected chi connectivity index (χ0v) is 11.2. The second-order valence-electron chi connectivity index (χ2n) is 5.11. The van der Waals surface area contributed by atoms with Crippen molar-refractivity contribution in [2.24, 2.45) is 5.92 Å². The molecule has 0 bridgehead atoms. The van der Waals surface area contributed by atoms with Crippen LogP contribution in [-0.4, -0.2) is 12.5 Å². The first-order chi connectivity index (χ1) is 8.31. The standard InChI is InChI=1S/C14H18N2O.ClH/c17-14(7-10-1-2-10)16-13-4-3-11-5-6-15-9-12(11)8-13;/h3-4,8,10,15H,1-2,5-7,9H2,(H,16,17);1H. The molecule has 1 aliphatic carbocycles. The van der Waals surface area contributed by atoms with Crippen molar-refractivity contribution < 1.29 is 4.79 Å². The number of halogens is 1. The van der Waals surface area contributed by atoms with E-state index in [2.05, 4.69) is 22.8 Å². The number of amides is 1. The number of nitrogens with one attached hydrogen (secondary N) is 2. The topological polar surface area (TPSA) is 41.1 Å². The molecule has 3 rings (SSSR count). The molecule has 1 aromatic rings. The summed E-state index contributed by atoms with van der Waals surface area (Å²) in [6.07, 6.45) is 4.23. The van der Waals surface area contributed by atoms with Crippen LogP contribution in [0.4, 0.5) is 5.69 Å². The van der Waals surface area contributed by atoms with Crippen LogP contribution in [0.25, 0.3) is 0 Å². The van der Waals surface area contributed by atoms with Crippen LogP contribution >= 0.6 is 12.4 Å². The molecule has 1 heterocycles. The normalized spacial score (nSPS) is 17.6. The average Bonchev–Trinajstić information content (AvgIpc) is 3.12. The quantitative estimate of drug-likeness (QED) is 0.883. The van der Waals surface area contributed by atoms with Crippen molar-refractivity contribution in [3.05, 3.63) is 29.3 Å². The molecule has 0 atom stereocenters. The SMILES string of the molecule is Cl.O=C(CC1CC1)Nc1ccc2c(c1)CNCC2. The van der Waals surface area contributed by atoms with Crippen LogP contribution in [-0.2, 0) is 17.8 Å². The van der Waals surface area contributed by atoms with Crippen molar-refractivity contribution in [2.75, 3.05) is 11.9 Å². The third-order valence-electron chi connectivity index (χ3n) is 3.55. The summed E-state index contributed by atoms with van der Waals surface area (Å²) in [5, 5.41) is 6.35. The van der Waals surface area contributed by atoms with Crippen LogP contribution < -0.4 is 10.6 Å². The second-order valence-corrected chi connectivity index (χ2v) is 5.11. The Labute approximate surface area is 114 Å². The molecule has 1 amide bonds. The number of benzene rings is 1. The van der Waals surface area contributed by atoms with E-state index in [0.717, 1.165) is 25.2 Å². The lowest BCUT2D eigenvalue weighted by Gasteiger charge is -2.18. The van der Waals surface area contributed by atoms with Gasteiger partial charge in [-0.2, -0.15) is 0 Å². The van der Waals surface area contributed by atoms with E-state index in [-0.39, 0.29) is 18.3 Å². The van der Waals surface area contributed by atoms with E-state index in [1.165, 1.54) is 24.0 Å². The fourth-order valence-electron chi connectivity index (χ4n) is 2.35. The summed E-state index contributed by atoms with van der Waals surface area (Å²) in [5.74, 6) is 0.811. The Hall–Kier alpha value is -1.06. The lowest BCUT2D eigenvalue weighted by molar-refractivity contribution is -0.116. The van der Waals surface area contributed by atoms with E-state index >= 15 is 0 Å². The maximum atomic E-state index is 11.7. The van der Waals surface area contributed by atoms with E-state index in [1.54, 1.807) is 0 Å². The maximum Gasteiger partial charge on any atom is 0.224 e. The molecule has 1 aromatic carbocycles. The minimum Gasteiger partial charge on any atom is -0.326 e. The summed E-state index contributed by atoms with van der Waals surface area (Å²) in [6, 6.07) is 6.27. The highest BCUT2D eigenvalue weighted by molar-refractivity contribution is 5.91. The molecular weight excluding hydrogens is 248 g/mol. The van der Waals surface area contributed by atoms with Gasteiger partial charge in [-0.1, -0.05) is 6.07 Å². The van der Waals surface area contributed by atoms with E-state index in [1.807, 2.05) is 6.07 Å². The predicted molar refractivity (Wildman–Crippen MR) is 75.1 cm³/mol. The van der Waals surface area contributed by atoms with Crippen LogP contribution in [0.15, 0.2) is 18.2 Å². The number of rotatable bonds is 3. The molecule has 18 heavy (non-hydrogen) atoms. The largest absolute Gasteiger partial charge is 0.326 e. The molecular formula is C14H19ClN2O. The Balaban J connectivity index is 0.00000120. The lowest BCUT2D eigenvalue weighted by atomic mass is 10.0. The van der Waals surface area contributed by atoms with Gasteiger partial charge in [0.25, 0.3) is 0 Å². The highest BCUT2D eigenvalue weighted by Gasteiger charge is 2.24. The summed E-state index contributed by atoms with van der Waals surface area (Å²) in [5.41, 5.74) is 3.67. The van der Waals surface area contributed by atoms with Gasteiger partial charge >= 0.3 is 0 Å². The Morgan fingerprint density at radius 3 is 2.94 bits per heavy atom. The van der Waals surface area contributed by atoms with Gasteiger partial charge in [0, 0.05) is 18.7 Å². The fraction of sp³-hybridized carbons (Fsp3) is 0.500. The summed E-state index contributed by atoms with van der Waals surface area (Å²) in [7, 11) is 0. The summed E-state index contributed by atoms with van der Waals surface area (Å²) in [6.45, 7) is 1.97. The van der Waals surface area contributed by atoms with E-state index in [9.17, 15) is 4.79 Å². The average molecular weight is 267 g/mol. The Morgan fingerprint density at radius 2 is 2.17 bits per heavy atom. The molecule has 0 saturated heterocycles. The first-order valence-corrected chi connectivity index (χ1v) is 6.43. The van der Waals surface area contributed by atoms with Crippen LogP contribution in [0.3, 0.4) is 0 Å². The van der Waals surface area contributed by atoms with Gasteiger partial charge in [-0.25, -0.2) is 0 Å². The maximum absolute atomic E-state index is 11.7. The van der Waals surface area contributed by atoms with Crippen LogP contribution in [0.2, 0.25) is 0 Å². The molecule has 0 radical (unpaired) electrons. The number of carbonyl (C=O) groups is 1. The van der Waals surface area contributed by atoms with Gasteiger partial charge in [-0.3, -0.25) is 4.79 Å². The zero-order chi connectivity index (χ0) is 11.7. The fourth-order valence-corrected chi connectivity index (χ4v) is 2.35. The number of anilines is 1. The smallest absolute Gasteiger partial charge is 0.224 e. The minimum atomic E-state index is 0. The van der Waals surface area contributed by atoms with Crippen molar-refractivity contribution in [3.63, 3.8) is 0 Å². The van der Waals surface area contributed by atoms with Gasteiger partial charge in [0.1, 0.15) is 0 Å². The highest BCUT2D eigenvalue weighted by Crippen LogP contribution is 2.32. The molecule has 0 spiro atoms. The molecule has 3 nitrogen and oxygen atoms in total. The number of carbonyl (C=O) groups excluding carboxylic acids is 1. The third-order valence-corrected chi connectivity index (χ3v) is 3.55. The summed E-state index contributed by atoms with van der Waals surface area (Å²) in [4.78, 5) is 11.7. The Morgan fingerprint density at radius 1 is 1.33 bits per heavy atom. The Bertz CT molecular complexity index is 443. The molecule has 1 aliphatic heterocycles. The Kier molecular flexibility index (Phi) is 4.25. The summed E-state index contributed by atoms with van der Waals surface area (Å²) < 4.78 is 0. The molecule has 98 valence electrons. The third kappa shape index (κ3) is 3.24. The van der Waals surface area contributed by atoms with E-state index in [4.69, 9.17) is 0 Å². The van der Waals surface area contributed by atoms with Gasteiger partial charge in [0.2, 0.25) is 5.91 Å². The van der Waals surface area contributed by atoms with Crippen molar-refractivity contribution in [3.8, 4) is 0 Å². The monoisotopic (exact) mass is 266 g/mol. The second kappa shape index (κ2) is 5.72. The van der Waals surface area contributed by atoms with E-state index < -0.39 is 0 Å². The van der Waals surface area contributed by atoms with Crippen LogP contribution in [0.1, 0.15) is 30.4 Å². The zero-order valence-electron chi connectivity index (χ0n) is 10.4. The predicted octanol–water partition coefficient (Wildman–Crippen LogP) is 2.49. The molecule has 2 aliphatic rings. The van der Waals surface area contributed by atoms with E-state index in [0.29, 0.717) is 12.3 Å². The lowest BCUT2D eigenvalue weighted by Crippen LogP contribution is -2.23. The van der Waals surface area contributed by atoms with Crippen molar-refractivity contribution in [2.45, 2.75) is 32.2 Å². The first-order valence-electron chi connectivity index (χ1n) is 6.43. The molecule has 4 heteroatoms. The number of hydrogen-bond acceptors (Lipinski definition) is 2. The summed E-state index contributed by atoms with van der Waals surface area (Å²) >= 11 is 0. The van der Waals surface area contributed by atoms with Crippen molar-refractivity contribution >= 4 is 24.0 Å². The van der Waals surface area contributed by atoms with Crippen LogP contribution in [0, 0.1) is 5.92 Å². The van der Waals surface area contributed by atoms with Gasteiger partial charge < -0.3 is 10.6 Å². The van der Waals surface area contributed by atoms with Gasteiger partial charge in [0.05, 0.1) is 0 Å². The molecule has 1 saturated carbocycles. The van der Waals surface area contributed by atoms with Gasteiger partial charge in [-0.05, 0) is 55.0 Å². The minimum absolute atomic E-state index is 0.